The van der Waals surface area contributed by atoms with E-state index in [0.29, 0.717) is 17.9 Å². The summed E-state index contributed by atoms with van der Waals surface area (Å²) < 4.78 is 5.65. The Hall–Kier alpha value is -2.48. The van der Waals surface area contributed by atoms with E-state index in [1.807, 2.05) is 0 Å². The number of hydrogen-bond donors (Lipinski definition) is 2. The Morgan fingerprint density at radius 2 is 1.65 bits per heavy atom. The van der Waals surface area contributed by atoms with Crippen molar-refractivity contribution in [2.45, 2.75) is 33.6 Å². The summed E-state index contributed by atoms with van der Waals surface area (Å²) in [7, 11) is 0. The molecule has 5 heteroatoms. The van der Waals surface area contributed by atoms with Gasteiger partial charge in [-0.15, -0.1) is 5.92 Å². The molecular formula is C18H22O5. The minimum Gasteiger partial charge on any atom is -0.493 e. The van der Waals surface area contributed by atoms with Crippen LogP contribution in [-0.4, -0.2) is 28.8 Å². The summed E-state index contributed by atoms with van der Waals surface area (Å²) in [5.74, 6) is 0.614. The van der Waals surface area contributed by atoms with Gasteiger partial charge in [-0.1, -0.05) is 38.8 Å². The lowest BCUT2D eigenvalue weighted by molar-refractivity contribution is -0.154. The van der Waals surface area contributed by atoms with E-state index < -0.39 is 23.8 Å². The molecule has 1 unspecified atom stereocenters. The molecule has 23 heavy (non-hydrogen) atoms. The highest BCUT2D eigenvalue weighted by atomic mass is 16.5. The lowest BCUT2D eigenvalue weighted by Crippen LogP contribution is -2.29. The molecule has 0 saturated heterocycles. The van der Waals surface area contributed by atoms with Crippen molar-refractivity contribution in [3.05, 3.63) is 29.8 Å². The number of hydrogen-bond acceptors (Lipinski definition) is 3. The van der Waals surface area contributed by atoms with Gasteiger partial charge in [-0.3, -0.25) is 9.59 Å². The molecule has 0 aliphatic rings. The average Bonchev–Trinajstić information content (AvgIpc) is 2.43. The fraction of sp³-hybridized carbons (Fsp3) is 0.444. The summed E-state index contributed by atoms with van der Waals surface area (Å²) >= 11 is 0. The van der Waals surface area contributed by atoms with Crippen molar-refractivity contribution in [2.75, 3.05) is 6.61 Å². The second-order valence-electron chi connectivity index (χ2n) is 6.44. The normalized spacial score (nSPS) is 12.2. The van der Waals surface area contributed by atoms with Crippen molar-refractivity contribution < 1.29 is 24.5 Å². The molecule has 5 nitrogen and oxygen atoms in total. The van der Waals surface area contributed by atoms with Crippen LogP contribution in [-0.2, 0) is 9.59 Å². The van der Waals surface area contributed by atoms with E-state index in [9.17, 15) is 9.59 Å². The molecule has 2 N–H and O–H groups in total. The third-order valence-corrected chi connectivity index (χ3v) is 3.08. The van der Waals surface area contributed by atoms with Crippen LogP contribution in [0.25, 0.3) is 0 Å². The third-order valence-electron chi connectivity index (χ3n) is 3.08. The van der Waals surface area contributed by atoms with Gasteiger partial charge in [0.2, 0.25) is 0 Å². The van der Waals surface area contributed by atoms with Crippen LogP contribution in [0.4, 0.5) is 0 Å². The summed E-state index contributed by atoms with van der Waals surface area (Å²) in [4.78, 5) is 22.5. The van der Waals surface area contributed by atoms with Gasteiger partial charge in [0.05, 0.1) is 12.5 Å². The van der Waals surface area contributed by atoms with E-state index in [-0.39, 0.29) is 5.41 Å². The van der Waals surface area contributed by atoms with Gasteiger partial charge in [-0.05, 0) is 30.0 Å². The fourth-order valence-corrected chi connectivity index (χ4v) is 1.98. The van der Waals surface area contributed by atoms with E-state index in [1.54, 1.807) is 31.2 Å². The SMILES string of the molecule is CC#CC(c1ccc(OCC(C)(C)C)cc1)C(C(=O)O)C(=O)O. The number of carbonyl (C=O) groups is 2. The molecule has 0 heterocycles. The molecular weight excluding hydrogens is 296 g/mol. The third kappa shape index (κ3) is 5.67. The second-order valence-corrected chi connectivity index (χ2v) is 6.44. The molecule has 124 valence electrons. The summed E-state index contributed by atoms with van der Waals surface area (Å²) in [5, 5.41) is 18.3. The first-order chi connectivity index (χ1) is 10.7. The van der Waals surface area contributed by atoms with Gasteiger partial charge >= 0.3 is 11.9 Å². The summed E-state index contributed by atoms with van der Waals surface area (Å²) in [6.45, 7) is 8.25. The van der Waals surface area contributed by atoms with E-state index in [0.717, 1.165) is 0 Å². The Morgan fingerprint density at radius 3 is 2.04 bits per heavy atom. The van der Waals surface area contributed by atoms with E-state index in [4.69, 9.17) is 14.9 Å². The Labute approximate surface area is 136 Å². The first-order valence-electron chi connectivity index (χ1n) is 7.26. The monoisotopic (exact) mass is 318 g/mol. The van der Waals surface area contributed by atoms with Crippen molar-refractivity contribution in [1.82, 2.24) is 0 Å². The molecule has 0 aromatic heterocycles. The molecule has 0 saturated carbocycles. The predicted octanol–water partition coefficient (Wildman–Crippen LogP) is 3.00. The smallest absolute Gasteiger partial charge is 0.319 e. The topological polar surface area (TPSA) is 83.8 Å². The maximum absolute atomic E-state index is 11.2. The van der Waals surface area contributed by atoms with Gasteiger partial charge < -0.3 is 14.9 Å². The zero-order valence-electron chi connectivity index (χ0n) is 13.8. The van der Waals surface area contributed by atoms with Crippen molar-refractivity contribution in [1.29, 1.82) is 0 Å². The standard InChI is InChI=1S/C18H22O5/c1-5-6-14(15(16(19)20)17(21)22)12-7-9-13(10-8-12)23-11-18(2,3)4/h7-10,14-15H,11H2,1-4H3,(H,19,20)(H,21,22). The van der Waals surface area contributed by atoms with Crippen LogP contribution in [0.5, 0.6) is 5.75 Å². The van der Waals surface area contributed by atoms with Crippen LogP contribution in [0.1, 0.15) is 39.2 Å². The van der Waals surface area contributed by atoms with Crippen LogP contribution in [0, 0.1) is 23.2 Å². The molecule has 1 rings (SSSR count). The maximum Gasteiger partial charge on any atom is 0.319 e. The molecule has 1 aromatic rings. The molecule has 0 fully saturated rings. The maximum atomic E-state index is 11.2. The van der Waals surface area contributed by atoms with Gasteiger partial charge in [-0.2, -0.15) is 0 Å². The van der Waals surface area contributed by atoms with Gasteiger partial charge in [0.1, 0.15) is 5.75 Å². The van der Waals surface area contributed by atoms with Gasteiger partial charge in [-0.25, -0.2) is 0 Å². The van der Waals surface area contributed by atoms with Gasteiger partial charge in [0.25, 0.3) is 0 Å². The zero-order valence-corrected chi connectivity index (χ0v) is 13.8. The number of carboxylic acids is 2. The molecule has 0 spiro atoms. The quantitative estimate of drug-likeness (QED) is 0.622. The highest BCUT2D eigenvalue weighted by molar-refractivity contribution is 5.94. The van der Waals surface area contributed by atoms with Crippen LogP contribution in [0.2, 0.25) is 0 Å². The van der Waals surface area contributed by atoms with Gasteiger partial charge in [0.15, 0.2) is 5.92 Å². The average molecular weight is 318 g/mol. The highest BCUT2D eigenvalue weighted by Crippen LogP contribution is 2.27. The molecule has 0 aliphatic heterocycles. The van der Waals surface area contributed by atoms with Crippen molar-refractivity contribution in [3.8, 4) is 17.6 Å². The van der Waals surface area contributed by atoms with Crippen LogP contribution < -0.4 is 4.74 Å². The molecule has 0 radical (unpaired) electrons. The van der Waals surface area contributed by atoms with Crippen molar-refractivity contribution >= 4 is 11.9 Å². The molecule has 0 amide bonds. The number of ether oxygens (including phenoxy) is 1. The van der Waals surface area contributed by atoms with Crippen LogP contribution in [0.3, 0.4) is 0 Å². The first-order valence-corrected chi connectivity index (χ1v) is 7.26. The fourth-order valence-electron chi connectivity index (χ4n) is 1.98. The number of carboxylic acid groups (broad SMARTS) is 2. The Kier molecular flexibility index (Phi) is 6.20. The van der Waals surface area contributed by atoms with E-state index in [2.05, 4.69) is 32.6 Å². The van der Waals surface area contributed by atoms with Crippen molar-refractivity contribution in [3.63, 3.8) is 0 Å². The van der Waals surface area contributed by atoms with Crippen LogP contribution in [0.15, 0.2) is 24.3 Å². The molecule has 1 atom stereocenters. The van der Waals surface area contributed by atoms with E-state index in [1.165, 1.54) is 0 Å². The minimum atomic E-state index is -1.61. The Morgan fingerprint density at radius 1 is 1.13 bits per heavy atom. The lowest BCUT2D eigenvalue weighted by Gasteiger charge is -2.20. The van der Waals surface area contributed by atoms with Crippen molar-refractivity contribution in [2.24, 2.45) is 11.3 Å². The molecule has 0 bridgehead atoms. The second kappa shape index (κ2) is 7.68. The molecule has 0 aliphatic carbocycles. The zero-order chi connectivity index (χ0) is 17.6. The summed E-state index contributed by atoms with van der Waals surface area (Å²) in [6.07, 6.45) is 0. The van der Waals surface area contributed by atoms with E-state index >= 15 is 0 Å². The largest absolute Gasteiger partial charge is 0.493 e. The van der Waals surface area contributed by atoms with Gasteiger partial charge in [0, 0.05) is 0 Å². The number of aliphatic carboxylic acids is 2. The first kappa shape index (κ1) is 18.6. The van der Waals surface area contributed by atoms with Crippen LogP contribution >= 0.6 is 0 Å². The highest BCUT2D eigenvalue weighted by Gasteiger charge is 2.35. The number of benzene rings is 1. The minimum absolute atomic E-state index is 0.0204. The Balaban J connectivity index is 3.03. The number of rotatable bonds is 6. The predicted molar refractivity (Wildman–Crippen MR) is 86.3 cm³/mol. The summed E-state index contributed by atoms with van der Waals surface area (Å²) in [6, 6.07) is 6.72. The molecule has 1 aromatic carbocycles. The Bertz CT molecular complexity index is 600. The summed E-state index contributed by atoms with van der Waals surface area (Å²) in [5.41, 5.74) is 0.560. The lowest BCUT2D eigenvalue weighted by atomic mass is 9.86.